The summed E-state index contributed by atoms with van der Waals surface area (Å²) in [6.45, 7) is 0. The number of alkyl halides is 3. The van der Waals surface area contributed by atoms with Gasteiger partial charge in [-0.25, -0.2) is 4.52 Å². The van der Waals surface area contributed by atoms with E-state index in [1.165, 1.54) is 18.2 Å². The second-order valence-electron chi connectivity index (χ2n) is 6.93. The van der Waals surface area contributed by atoms with Gasteiger partial charge in [-0.3, -0.25) is 4.79 Å². The number of hydrogen-bond donors (Lipinski definition) is 1. The molecule has 2 aromatic heterocycles. The summed E-state index contributed by atoms with van der Waals surface area (Å²) in [7, 11) is 0. The highest BCUT2D eigenvalue weighted by Crippen LogP contribution is 2.32. The summed E-state index contributed by atoms with van der Waals surface area (Å²) in [5.74, 6) is 0.0268. The third kappa shape index (κ3) is 3.89. The third-order valence-electron chi connectivity index (χ3n) is 4.84. The van der Waals surface area contributed by atoms with E-state index in [2.05, 4.69) is 10.3 Å². The Morgan fingerprint density at radius 2 is 1.70 bits per heavy atom. The summed E-state index contributed by atoms with van der Waals surface area (Å²) in [5.41, 5.74) is 8.25. The molecule has 4 rings (SSSR count). The molecule has 0 aliphatic rings. The molecule has 0 unspecified atom stereocenters. The predicted molar refractivity (Wildman–Crippen MR) is 107 cm³/mol. The van der Waals surface area contributed by atoms with Crippen LogP contribution in [0, 0.1) is 0 Å². The number of Topliss-reactive ketones (excluding diaryl/α,β-unsaturated/α-hetero) is 1. The van der Waals surface area contributed by atoms with E-state index in [1.54, 1.807) is 22.8 Å². The first kappa shape index (κ1) is 19.6. The van der Waals surface area contributed by atoms with Gasteiger partial charge in [0.15, 0.2) is 5.82 Å². The van der Waals surface area contributed by atoms with Gasteiger partial charge in [0, 0.05) is 24.6 Å². The van der Waals surface area contributed by atoms with Gasteiger partial charge in [-0.15, -0.1) is 5.10 Å². The minimum atomic E-state index is -4.48. The average Bonchev–Trinajstić information content (AvgIpc) is 3.09. The van der Waals surface area contributed by atoms with Crippen molar-refractivity contribution in [3.05, 3.63) is 83.6 Å². The normalized spacial score (nSPS) is 11.7. The Morgan fingerprint density at radius 1 is 0.967 bits per heavy atom. The van der Waals surface area contributed by atoms with Gasteiger partial charge >= 0.3 is 6.18 Å². The number of benzene rings is 2. The quantitative estimate of drug-likeness (QED) is 0.531. The van der Waals surface area contributed by atoms with Gasteiger partial charge in [0.2, 0.25) is 0 Å². The number of halogens is 3. The first-order chi connectivity index (χ1) is 14.3. The number of pyridine rings is 1. The smallest absolute Gasteiger partial charge is 0.380 e. The molecule has 0 fully saturated rings. The van der Waals surface area contributed by atoms with Gasteiger partial charge in [0.05, 0.1) is 5.56 Å². The maximum atomic E-state index is 13.1. The zero-order valence-corrected chi connectivity index (χ0v) is 15.7. The molecule has 2 N–H and O–H groups in total. The van der Waals surface area contributed by atoms with Crippen LogP contribution >= 0.6 is 0 Å². The fourth-order valence-electron chi connectivity index (χ4n) is 3.46. The number of aromatic nitrogens is 3. The largest absolute Gasteiger partial charge is 0.416 e. The maximum Gasteiger partial charge on any atom is 0.416 e. The molecule has 0 amide bonds. The number of hydrogen-bond acceptors (Lipinski definition) is 4. The number of fused-ring (bicyclic) bond motifs is 1. The van der Waals surface area contributed by atoms with Gasteiger partial charge in [0.25, 0.3) is 0 Å². The zero-order valence-electron chi connectivity index (χ0n) is 15.7. The Kier molecular flexibility index (Phi) is 4.99. The molecule has 8 heteroatoms. The highest BCUT2D eigenvalue weighted by molar-refractivity contribution is 5.87. The maximum absolute atomic E-state index is 13.1. The van der Waals surface area contributed by atoms with Crippen LogP contribution in [-0.4, -0.2) is 20.6 Å². The van der Waals surface area contributed by atoms with Crippen LogP contribution < -0.4 is 5.73 Å². The van der Waals surface area contributed by atoms with Crippen molar-refractivity contribution < 1.29 is 18.0 Å². The van der Waals surface area contributed by atoms with Gasteiger partial charge in [-0.05, 0) is 28.8 Å². The fraction of sp³-hybridized carbons (Fsp3) is 0.136. The Balaban J connectivity index is 1.52. The van der Waals surface area contributed by atoms with E-state index < -0.39 is 11.7 Å². The summed E-state index contributed by atoms with van der Waals surface area (Å²) in [6, 6.07) is 16.1. The van der Waals surface area contributed by atoms with Crippen LogP contribution in [0.4, 0.5) is 19.0 Å². The molecule has 0 radical (unpaired) electrons. The van der Waals surface area contributed by atoms with Crippen molar-refractivity contribution in [1.82, 2.24) is 14.8 Å². The Labute approximate surface area is 169 Å². The lowest BCUT2D eigenvalue weighted by Crippen LogP contribution is -2.13. The summed E-state index contributed by atoms with van der Waals surface area (Å²) < 4.78 is 40.9. The van der Waals surface area contributed by atoms with Crippen molar-refractivity contribution in [2.24, 2.45) is 0 Å². The van der Waals surface area contributed by atoms with Crippen LogP contribution in [0.2, 0.25) is 0 Å². The van der Waals surface area contributed by atoms with Crippen LogP contribution in [0.5, 0.6) is 0 Å². The molecule has 0 saturated carbocycles. The highest BCUT2D eigenvalue weighted by atomic mass is 19.4. The van der Waals surface area contributed by atoms with E-state index >= 15 is 0 Å². The van der Waals surface area contributed by atoms with E-state index in [4.69, 9.17) is 5.73 Å². The SMILES string of the molecule is Nc1nnn2cccc(-c3ccc(CC(=O)Cc4ccccc4C(F)(F)F)cc3)c12. The highest BCUT2D eigenvalue weighted by Gasteiger charge is 2.33. The lowest BCUT2D eigenvalue weighted by molar-refractivity contribution is -0.138. The number of carbonyl (C=O) groups is 1. The molecule has 152 valence electrons. The molecule has 0 saturated heterocycles. The molecule has 0 aliphatic carbocycles. The number of carbonyl (C=O) groups excluding carboxylic acids is 1. The summed E-state index contributed by atoms with van der Waals surface area (Å²) in [6.07, 6.45) is -2.96. The molecule has 5 nitrogen and oxygen atoms in total. The monoisotopic (exact) mass is 410 g/mol. The molecule has 30 heavy (non-hydrogen) atoms. The minimum Gasteiger partial charge on any atom is -0.380 e. The van der Waals surface area contributed by atoms with Crippen LogP contribution in [0.1, 0.15) is 16.7 Å². The van der Waals surface area contributed by atoms with E-state index in [9.17, 15) is 18.0 Å². The van der Waals surface area contributed by atoms with Gasteiger partial charge in [-0.2, -0.15) is 13.2 Å². The minimum absolute atomic E-state index is 0.0120. The van der Waals surface area contributed by atoms with E-state index in [0.29, 0.717) is 11.3 Å². The zero-order chi connectivity index (χ0) is 21.3. The molecule has 2 heterocycles. The Morgan fingerprint density at radius 3 is 2.43 bits per heavy atom. The topological polar surface area (TPSA) is 73.3 Å². The lowest BCUT2D eigenvalue weighted by Gasteiger charge is -2.12. The first-order valence-corrected chi connectivity index (χ1v) is 9.18. The van der Waals surface area contributed by atoms with Crippen molar-refractivity contribution >= 4 is 17.1 Å². The molecule has 0 atom stereocenters. The van der Waals surface area contributed by atoms with Crippen molar-refractivity contribution in [1.29, 1.82) is 0 Å². The molecule has 2 aromatic carbocycles. The van der Waals surface area contributed by atoms with E-state index in [-0.39, 0.29) is 24.2 Å². The summed E-state index contributed by atoms with van der Waals surface area (Å²) in [5, 5.41) is 7.81. The summed E-state index contributed by atoms with van der Waals surface area (Å²) >= 11 is 0. The number of nitrogens with zero attached hydrogens (tertiary/aromatic N) is 3. The molecule has 0 bridgehead atoms. The van der Waals surface area contributed by atoms with Crippen LogP contribution in [0.15, 0.2) is 66.9 Å². The molecular formula is C22H17F3N4O. The predicted octanol–water partition coefficient (Wildman–Crippen LogP) is 4.35. The number of nitrogen functional groups attached to an aromatic ring is 1. The number of nitrogens with two attached hydrogens (primary N) is 1. The molecule has 0 aliphatic heterocycles. The van der Waals surface area contributed by atoms with Crippen molar-refractivity contribution in [3.8, 4) is 11.1 Å². The molecule has 4 aromatic rings. The third-order valence-corrected chi connectivity index (χ3v) is 4.84. The second kappa shape index (κ2) is 7.62. The number of rotatable bonds is 5. The standard InChI is InChI=1S/C22H17F3N4O/c23-22(24,25)19-6-2-1-4-16(19)13-17(30)12-14-7-9-15(10-8-14)18-5-3-11-29-20(18)21(26)27-28-29/h1-11H,12-13,26H2. The molecule has 0 spiro atoms. The first-order valence-electron chi connectivity index (χ1n) is 9.18. The van der Waals surface area contributed by atoms with Gasteiger partial charge < -0.3 is 5.73 Å². The fourth-order valence-corrected chi connectivity index (χ4v) is 3.46. The Hall–Kier alpha value is -3.68. The van der Waals surface area contributed by atoms with Gasteiger partial charge in [-0.1, -0.05) is 53.7 Å². The number of ketones is 1. The lowest BCUT2D eigenvalue weighted by atomic mass is 9.97. The molecular weight excluding hydrogens is 393 g/mol. The average molecular weight is 410 g/mol. The summed E-state index contributed by atoms with van der Waals surface area (Å²) in [4.78, 5) is 12.4. The van der Waals surface area contributed by atoms with Crippen molar-refractivity contribution in [3.63, 3.8) is 0 Å². The van der Waals surface area contributed by atoms with Gasteiger partial charge in [0.1, 0.15) is 11.3 Å². The van der Waals surface area contributed by atoms with Crippen LogP contribution in [0.25, 0.3) is 16.6 Å². The van der Waals surface area contributed by atoms with Crippen molar-refractivity contribution in [2.75, 3.05) is 5.73 Å². The van der Waals surface area contributed by atoms with Crippen molar-refractivity contribution in [2.45, 2.75) is 19.0 Å². The van der Waals surface area contributed by atoms with E-state index in [1.807, 2.05) is 24.3 Å². The van der Waals surface area contributed by atoms with Crippen LogP contribution in [-0.2, 0) is 23.8 Å². The Bertz CT molecular complexity index is 1210. The second-order valence-corrected chi connectivity index (χ2v) is 6.93. The number of anilines is 1. The van der Waals surface area contributed by atoms with E-state index in [0.717, 1.165) is 22.8 Å². The van der Waals surface area contributed by atoms with Crippen LogP contribution in [0.3, 0.4) is 0 Å².